The molecule has 0 aromatic heterocycles. The van der Waals surface area contributed by atoms with Crippen LogP contribution in [0.25, 0.3) is 5.76 Å². The Balaban J connectivity index is 2.03. The molecule has 1 amide bonds. The number of methoxy groups -OCH3 is 1. The maximum absolute atomic E-state index is 13.5. The number of amides is 1. The van der Waals surface area contributed by atoms with Gasteiger partial charge in [-0.05, 0) is 48.4 Å². The summed E-state index contributed by atoms with van der Waals surface area (Å²) in [6.07, 6.45) is 2.12. The van der Waals surface area contributed by atoms with E-state index in [1.165, 1.54) is 29.2 Å². The predicted molar refractivity (Wildman–Crippen MR) is 114 cm³/mol. The van der Waals surface area contributed by atoms with Crippen molar-refractivity contribution in [3.05, 3.63) is 83.7 Å². The molecule has 0 spiro atoms. The van der Waals surface area contributed by atoms with E-state index < -0.39 is 23.5 Å². The zero-order valence-electron chi connectivity index (χ0n) is 17.2. The highest BCUT2D eigenvalue weighted by atomic mass is 19.1. The number of ether oxygens (including phenoxy) is 2. The molecule has 1 aliphatic heterocycles. The van der Waals surface area contributed by atoms with Gasteiger partial charge < -0.3 is 19.5 Å². The molecule has 3 rings (SSSR count). The highest BCUT2D eigenvalue weighted by Gasteiger charge is 2.45. The summed E-state index contributed by atoms with van der Waals surface area (Å²) in [5, 5.41) is 11.0. The lowest BCUT2D eigenvalue weighted by molar-refractivity contribution is -0.140. The number of hydrogen-bond donors (Lipinski definition) is 1. The first-order valence-corrected chi connectivity index (χ1v) is 9.85. The fourth-order valence-electron chi connectivity index (χ4n) is 3.50. The molecule has 2 aromatic carbocycles. The summed E-state index contributed by atoms with van der Waals surface area (Å²) in [7, 11) is 1.55. The first-order valence-electron chi connectivity index (χ1n) is 9.85. The maximum Gasteiger partial charge on any atom is 0.295 e. The number of hydrogen-bond acceptors (Lipinski definition) is 5. The Morgan fingerprint density at radius 2 is 1.84 bits per heavy atom. The summed E-state index contributed by atoms with van der Waals surface area (Å²) in [4.78, 5) is 27.0. The summed E-state index contributed by atoms with van der Waals surface area (Å²) in [5.41, 5.74) is 0.868. The molecule has 2 aromatic rings. The molecule has 1 saturated heterocycles. The van der Waals surface area contributed by atoms with Gasteiger partial charge in [-0.15, -0.1) is 0 Å². The second-order valence-electron chi connectivity index (χ2n) is 7.01. The van der Waals surface area contributed by atoms with E-state index in [0.29, 0.717) is 36.5 Å². The summed E-state index contributed by atoms with van der Waals surface area (Å²) in [6.45, 7) is 4.59. The Kier molecular flexibility index (Phi) is 7.20. The Labute approximate surface area is 180 Å². The number of Topliss-reactive ketones (excluding diaryl/α,β-unsaturated/α-hetero) is 1. The van der Waals surface area contributed by atoms with Crippen molar-refractivity contribution in [3.63, 3.8) is 0 Å². The highest BCUT2D eigenvalue weighted by molar-refractivity contribution is 6.46. The van der Waals surface area contributed by atoms with E-state index in [1.807, 2.05) is 0 Å². The van der Waals surface area contributed by atoms with Crippen LogP contribution in [0.15, 0.2) is 66.8 Å². The van der Waals surface area contributed by atoms with Crippen LogP contribution in [0, 0.1) is 5.82 Å². The van der Waals surface area contributed by atoms with Crippen LogP contribution in [0.5, 0.6) is 5.75 Å². The minimum absolute atomic E-state index is 0.0335. The second-order valence-corrected chi connectivity index (χ2v) is 7.01. The topological polar surface area (TPSA) is 76.1 Å². The normalized spacial score (nSPS) is 17.7. The van der Waals surface area contributed by atoms with Gasteiger partial charge in [-0.2, -0.15) is 0 Å². The van der Waals surface area contributed by atoms with Crippen molar-refractivity contribution in [1.82, 2.24) is 4.90 Å². The van der Waals surface area contributed by atoms with Crippen molar-refractivity contribution in [2.75, 3.05) is 26.9 Å². The molecule has 1 atom stereocenters. The SMILES string of the molecule is C=CCOc1ccc(C(O)=C2C(=O)C(=O)N(CCCOC)[C@H]2c2ccc(F)cc2)cc1. The number of likely N-dealkylation sites (tertiary alicyclic amines) is 1. The van der Waals surface area contributed by atoms with Crippen LogP contribution in [-0.2, 0) is 14.3 Å². The lowest BCUT2D eigenvalue weighted by Crippen LogP contribution is -2.31. The van der Waals surface area contributed by atoms with Gasteiger partial charge in [0.05, 0.1) is 11.6 Å². The van der Waals surface area contributed by atoms with Crippen LogP contribution >= 0.6 is 0 Å². The van der Waals surface area contributed by atoms with Crippen molar-refractivity contribution in [2.24, 2.45) is 0 Å². The Hall–Kier alpha value is -3.45. The minimum Gasteiger partial charge on any atom is -0.507 e. The fraction of sp³-hybridized carbons (Fsp3) is 0.250. The molecule has 162 valence electrons. The molecule has 7 heteroatoms. The number of nitrogens with zero attached hydrogens (tertiary/aromatic N) is 1. The van der Waals surface area contributed by atoms with Crippen molar-refractivity contribution in [3.8, 4) is 5.75 Å². The van der Waals surface area contributed by atoms with Gasteiger partial charge >= 0.3 is 0 Å². The summed E-state index contributed by atoms with van der Waals surface area (Å²) in [5.74, 6) is -1.65. The van der Waals surface area contributed by atoms with Crippen LogP contribution < -0.4 is 4.74 Å². The smallest absolute Gasteiger partial charge is 0.295 e. The van der Waals surface area contributed by atoms with Crippen molar-refractivity contribution in [1.29, 1.82) is 0 Å². The van der Waals surface area contributed by atoms with E-state index >= 15 is 0 Å². The number of carbonyl (C=O) groups is 2. The van der Waals surface area contributed by atoms with Crippen molar-refractivity contribution in [2.45, 2.75) is 12.5 Å². The average molecular weight is 425 g/mol. The number of aliphatic hydroxyl groups is 1. The van der Waals surface area contributed by atoms with Gasteiger partial charge in [-0.25, -0.2) is 4.39 Å². The number of halogens is 1. The third-order valence-electron chi connectivity index (χ3n) is 4.97. The lowest BCUT2D eigenvalue weighted by Gasteiger charge is -2.25. The second kappa shape index (κ2) is 10.0. The third-order valence-corrected chi connectivity index (χ3v) is 4.97. The molecule has 1 heterocycles. The molecular weight excluding hydrogens is 401 g/mol. The molecule has 31 heavy (non-hydrogen) atoms. The standard InChI is InChI=1S/C24H24FNO5/c1-3-14-31-19-11-7-17(8-12-19)22(27)20-21(16-5-9-18(25)10-6-16)26(13-4-15-30-2)24(29)23(20)28/h3,5-12,21,27H,1,4,13-15H2,2H3/t21-/m0/s1. The van der Waals surface area contributed by atoms with E-state index in [9.17, 15) is 19.1 Å². The molecule has 1 fully saturated rings. The Morgan fingerprint density at radius 3 is 2.45 bits per heavy atom. The van der Waals surface area contributed by atoms with Gasteiger partial charge in [0.1, 0.15) is 23.9 Å². The Bertz CT molecular complexity index is 982. The third kappa shape index (κ3) is 4.83. The average Bonchev–Trinajstić information content (AvgIpc) is 3.03. The molecule has 0 saturated carbocycles. The number of benzene rings is 2. The molecular formula is C24H24FNO5. The maximum atomic E-state index is 13.5. The molecule has 1 N–H and O–H groups in total. The van der Waals surface area contributed by atoms with Crippen LogP contribution in [0.1, 0.15) is 23.6 Å². The van der Waals surface area contributed by atoms with Crippen molar-refractivity contribution >= 4 is 17.4 Å². The van der Waals surface area contributed by atoms with E-state index in [0.717, 1.165) is 0 Å². The number of ketones is 1. The number of rotatable bonds is 9. The van der Waals surface area contributed by atoms with Crippen molar-refractivity contribution < 1.29 is 28.6 Å². The first-order chi connectivity index (χ1) is 15.0. The van der Waals surface area contributed by atoms with Gasteiger partial charge in [0.15, 0.2) is 0 Å². The molecule has 0 unspecified atom stereocenters. The zero-order valence-corrected chi connectivity index (χ0v) is 17.2. The van der Waals surface area contributed by atoms with Gasteiger partial charge in [-0.3, -0.25) is 9.59 Å². The number of carbonyl (C=O) groups excluding carboxylic acids is 2. The fourth-order valence-corrected chi connectivity index (χ4v) is 3.50. The summed E-state index contributed by atoms with van der Waals surface area (Å²) >= 11 is 0. The molecule has 1 aliphatic rings. The van der Waals surface area contributed by atoms with Crippen LogP contribution in [0.4, 0.5) is 4.39 Å². The Morgan fingerprint density at radius 1 is 1.16 bits per heavy atom. The zero-order chi connectivity index (χ0) is 22.4. The van der Waals surface area contributed by atoms with Crippen LogP contribution in [0.2, 0.25) is 0 Å². The highest BCUT2D eigenvalue weighted by Crippen LogP contribution is 2.39. The summed E-state index contributed by atoms with van der Waals surface area (Å²) in [6, 6.07) is 11.2. The van der Waals surface area contributed by atoms with E-state index in [2.05, 4.69) is 6.58 Å². The van der Waals surface area contributed by atoms with Crippen LogP contribution in [0.3, 0.4) is 0 Å². The van der Waals surface area contributed by atoms with E-state index in [4.69, 9.17) is 9.47 Å². The largest absolute Gasteiger partial charge is 0.507 e. The predicted octanol–water partition coefficient (Wildman–Crippen LogP) is 3.85. The first kappa shape index (κ1) is 22.2. The monoisotopic (exact) mass is 425 g/mol. The van der Waals surface area contributed by atoms with Gasteiger partial charge in [0.2, 0.25) is 0 Å². The minimum atomic E-state index is -0.825. The van der Waals surface area contributed by atoms with Gasteiger partial charge in [-0.1, -0.05) is 24.8 Å². The van der Waals surface area contributed by atoms with Gasteiger partial charge in [0.25, 0.3) is 11.7 Å². The summed E-state index contributed by atoms with van der Waals surface area (Å²) < 4.78 is 24.0. The quantitative estimate of drug-likeness (QED) is 0.217. The van der Waals surface area contributed by atoms with E-state index in [-0.39, 0.29) is 17.9 Å². The molecule has 0 bridgehead atoms. The van der Waals surface area contributed by atoms with Crippen LogP contribution in [-0.4, -0.2) is 48.6 Å². The molecule has 0 radical (unpaired) electrons. The molecule has 6 nitrogen and oxygen atoms in total. The lowest BCUT2D eigenvalue weighted by atomic mass is 9.95. The van der Waals surface area contributed by atoms with Gasteiger partial charge in [0, 0.05) is 25.8 Å². The van der Waals surface area contributed by atoms with E-state index in [1.54, 1.807) is 37.5 Å². The molecule has 0 aliphatic carbocycles. The number of aliphatic hydroxyl groups excluding tert-OH is 1.